The first kappa shape index (κ1) is 16.3. The molecular weight excluding hydrogens is 337 g/mol. The summed E-state index contributed by atoms with van der Waals surface area (Å²) in [6.45, 7) is 5.70. The maximum Gasteiger partial charge on any atom is 0.238 e. The number of ketones is 1. The van der Waals surface area contributed by atoms with E-state index in [0.29, 0.717) is 22.6 Å². The minimum absolute atomic E-state index is 0.00407. The summed E-state index contributed by atoms with van der Waals surface area (Å²) >= 11 is 0. The average Bonchev–Trinajstić information content (AvgIpc) is 3.00. The number of hydrogen-bond acceptors (Lipinski definition) is 6. The molecule has 0 bridgehead atoms. The topological polar surface area (TPSA) is 82.8 Å². The Morgan fingerprint density at radius 2 is 2.08 bits per heavy atom. The summed E-state index contributed by atoms with van der Waals surface area (Å²) in [7, 11) is 0. The number of ether oxygens (including phenoxy) is 1. The van der Waals surface area contributed by atoms with Gasteiger partial charge in [0.25, 0.3) is 0 Å². The van der Waals surface area contributed by atoms with Gasteiger partial charge in [0.2, 0.25) is 11.8 Å². The molecule has 0 aliphatic carbocycles. The first-order valence-electron chi connectivity index (χ1n) is 8.11. The maximum absolute atomic E-state index is 13.9. The van der Waals surface area contributed by atoms with E-state index in [1.54, 1.807) is 31.2 Å². The monoisotopic (exact) mass is 353 g/mol. The molecule has 7 nitrogen and oxygen atoms in total. The number of aromatic nitrogens is 5. The van der Waals surface area contributed by atoms with Crippen LogP contribution in [0.4, 0.5) is 4.39 Å². The van der Waals surface area contributed by atoms with Gasteiger partial charge in [-0.3, -0.25) is 4.79 Å². The quantitative estimate of drug-likeness (QED) is 0.659. The molecule has 0 fully saturated rings. The smallest absolute Gasteiger partial charge is 0.238 e. The fourth-order valence-corrected chi connectivity index (χ4v) is 2.86. The third-order valence-electron chi connectivity index (χ3n) is 4.39. The van der Waals surface area contributed by atoms with Gasteiger partial charge in [-0.05, 0) is 45.0 Å². The summed E-state index contributed by atoms with van der Waals surface area (Å²) in [4.78, 5) is 20.5. The van der Waals surface area contributed by atoms with Gasteiger partial charge in [0.1, 0.15) is 18.0 Å². The molecule has 3 aromatic heterocycles. The lowest BCUT2D eigenvalue weighted by atomic mass is 9.84. The Hall–Kier alpha value is -3.16. The molecule has 0 saturated carbocycles. The zero-order valence-corrected chi connectivity index (χ0v) is 14.5. The fourth-order valence-electron chi connectivity index (χ4n) is 2.86. The number of nitrogens with zero attached hydrogens (tertiary/aromatic N) is 5. The van der Waals surface area contributed by atoms with E-state index in [1.165, 1.54) is 10.9 Å². The van der Waals surface area contributed by atoms with E-state index in [-0.39, 0.29) is 24.0 Å². The van der Waals surface area contributed by atoms with Crippen LogP contribution in [0.15, 0.2) is 30.5 Å². The Labute approximate surface area is 148 Å². The molecule has 0 atom stereocenters. The second-order valence-electron chi connectivity index (χ2n) is 6.80. The van der Waals surface area contributed by atoms with Gasteiger partial charge >= 0.3 is 0 Å². The van der Waals surface area contributed by atoms with Crippen molar-refractivity contribution in [2.45, 2.75) is 20.8 Å². The first-order valence-corrected chi connectivity index (χ1v) is 8.11. The van der Waals surface area contributed by atoms with Gasteiger partial charge in [0.15, 0.2) is 5.78 Å². The lowest BCUT2D eigenvalue weighted by molar-refractivity contribution is 0.0683. The fraction of sp³-hybridized carbons (Fsp3) is 0.278. The van der Waals surface area contributed by atoms with Crippen molar-refractivity contribution in [1.29, 1.82) is 0 Å². The lowest BCUT2D eigenvalue weighted by Crippen LogP contribution is -2.36. The molecule has 26 heavy (non-hydrogen) atoms. The van der Waals surface area contributed by atoms with Crippen molar-refractivity contribution in [3.8, 4) is 23.0 Å². The molecule has 0 amide bonds. The summed E-state index contributed by atoms with van der Waals surface area (Å²) < 4.78 is 21.0. The van der Waals surface area contributed by atoms with Crippen molar-refractivity contribution >= 4 is 5.78 Å². The van der Waals surface area contributed by atoms with Crippen LogP contribution >= 0.6 is 0 Å². The van der Waals surface area contributed by atoms with Crippen molar-refractivity contribution in [2.75, 3.05) is 6.61 Å². The molecule has 0 spiro atoms. The summed E-state index contributed by atoms with van der Waals surface area (Å²) in [5.74, 6) is -0.356. The minimum atomic E-state index is -0.637. The Morgan fingerprint density at radius 1 is 1.27 bits per heavy atom. The van der Waals surface area contributed by atoms with Gasteiger partial charge < -0.3 is 4.74 Å². The Morgan fingerprint density at radius 3 is 2.85 bits per heavy atom. The first-order chi connectivity index (χ1) is 12.4. The molecule has 4 rings (SSSR count). The molecule has 4 heterocycles. The number of fused-ring (bicyclic) bond motifs is 1. The minimum Gasteiger partial charge on any atom is -0.476 e. The number of hydrogen-bond donors (Lipinski definition) is 0. The molecular formula is C18H16FN5O2. The average molecular weight is 353 g/mol. The SMILES string of the molecule is Cc1c(-c2ccc3c(n2)OCC(C)(C)C3=O)nnn1-c1cccnc1F. The highest BCUT2D eigenvalue weighted by Crippen LogP contribution is 2.34. The summed E-state index contributed by atoms with van der Waals surface area (Å²) in [6.07, 6.45) is 1.37. The van der Waals surface area contributed by atoms with E-state index in [2.05, 4.69) is 20.3 Å². The van der Waals surface area contributed by atoms with E-state index in [4.69, 9.17) is 4.74 Å². The highest BCUT2D eigenvalue weighted by atomic mass is 19.1. The summed E-state index contributed by atoms with van der Waals surface area (Å²) in [5.41, 5.74) is 1.67. The predicted octanol–water partition coefficient (Wildman–Crippen LogP) is 2.77. The van der Waals surface area contributed by atoms with Gasteiger partial charge in [0.05, 0.1) is 22.4 Å². The molecule has 8 heteroatoms. The molecule has 1 aliphatic rings. The maximum atomic E-state index is 13.9. The van der Waals surface area contributed by atoms with Gasteiger partial charge in [-0.15, -0.1) is 5.10 Å². The van der Waals surface area contributed by atoms with Crippen LogP contribution in [0.5, 0.6) is 5.88 Å². The number of halogens is 1. The van der Waals surface area contributed by atoms with Crippen LogP contribution in [0.1, 0.15) is 29.9 Å². The van der Waals surface area contributed by atoms with Crippen LogP contribution in [0.25, 0.3) is 17.1 Å². The Kier molecular flexibility index (Phi) is 3.57. The number of carbonyl (C=O) groups excluding carboxylic acids is 1. The van der Waals surface area contributed by atoms with Crippen molar-refractivity contribution in [2.24, 2.45) is 5.41 Å². The van der Waals surface area contributed by atoms with E-state index in [1.807, 2.05) is 13.8 Å². The zero-order valence-electron chi connectivity index (χ0n) is 14.5. The Balaban J connectivity index is 1.77. The van der Waals surface area contributed by atoms with Gasteiger partial charge in [-0.2, -0.15) is 4.39 Å². The zero-order chi connectivity index (χ0) is 18.5. The number of rotatable bonds is 2. The molecule has 0 N–H and O–H groups in total. The molecule has 3 aromatic rings. The standard InChI is InChI=1S/C18H16FN5O2/c1-10-14(22-23-24(10)13-5-4-8-20-16(13)19)12-7-6-11-15(25)18(2,3)9-26-17(11)21-12/h4-8H,9H2,1-3H3. The van der Waals surface area contributed by atoms with E-state index in [0.717, 1.165) is 0 Å². The number of pyridine rings is 2. The number of Topliss-reactive ketones (excluding diaryl/α,β-unsaturated/α-hetero) is 1. The van der Waals surface area contributed by atoms with Crippen LogP contribution < -0.4 is 4.74 Å². The molecule has 0 unspecified atom stereocenters. The van der Waals surface area contributed by atoms with Crippen molar-refractivity contribution in [3.63, 3.8) is 0 Å². The second kappa shape index (κ2) is 5.69. The summed E-state index contributed by atoms with van der Waals surface area (Å²) in [6, 6.07) is 6.57. The van der Waals surface area contributed by atoms with Crippen LogP contribution in [0.2, 0.25) is 0 Å². The third kappa shape index (κ3) is 2.45. The molecule has 132 valence electrons. The van der Waals surface area contributed by atoms with E-state index in [9.17, 15) is 9.18 Å². The molecule has 0 saturated heterocycles. The van der Waals surface area contributed by atoms with Crippen molar-refractivity contribution in [1.82, 2.24) is 25.0 Å². The Bertz CT molecular complexity index is 1030. The van der Waals surface area contributed by atoms with Crippen molar-refractivity contribution < 1.29 is 13.9 Å². The normalized spacial score (nSPS) is 15.5. The highest BCUT2D eigenvalue weighted by Gasteiger charge is 2.37. The van der Waals surface area contributed by atoms with Crippen LogP contribution in [0.3, 0.4) is 0 Å². The molecule has 0 radical (unpaired) electrons. The molecule has 0 aromatic carbocycles. The third-order valence-corrected chi connectivity index (χ3v) is 4.39. The van der Waals surface area contributed by atoms with E-state index < -0.39 is 11.4 Å². The second-order valence-corrected chi connectivity index (χ2v) is 6.80. The van der Waals surface area contributed by atoms with Crippen LogP contribution in [0, 0.1) is 18.3 Å². The van der Waals surface area contributed by atoms with Crippen LogP contribution in [-0.4, -0.2) is 37.4 Å². The highest BCUT2D eigenvalue weighted by molar-refractivity contribution is 6.03. The largest absolute Gasteiger partial charge is 0.476 e. The van der Waals surface area contributed by atoms with Gasteiger partial charge in [0, 0.05) is 6.20 Å². The molecule has 1 aliphatic heterocycles. The van der Waals surface area contributed by atoms with Gasteiger partial charge in [-0.25, -0.2) is 14.6 Å². The van der Waals surface area contributed by atoms with Gasteiger partial charge in [-0.1, -0.05) is 5.21 Å². The summed E-state index contributed by atoms with van der Waals surface area (Å²) in [5, 5.41) is 8.13. The number of carbonyl (C=O) groups is 1. The van der Waals surface area contributed by atoms with Crippen LogP contribution in [-0.2, 0) is 0 Å². The van der Waals surface area contributed by atoms with Crippen molar-refractivity contribution in [3.05, 3.63) is 47.7 Å². The van der Waals surface area contributed by atoms with E-state index >= 15 is 0 Å². The lowest BCUT2D eigenvalue weighted by Gasteiger charge is -2.29. The predicted molar refractivity (Wildman–Crippen MR) is 90.7 cm³/mol.